The summed E-state index contributed by atoms with van der Waals surface area (Å²) in [6.07, 6.45) is 38.7. The molecule has 7 heteroatoms. The molecule has 0 bridgehead atoms. The predicted molar refractivity (Wildman–Crippen MR) is 192 cm³/mol. The highest BCUT2D eigenvalue weighted by atomic mass is 16.5. The van der Waals surface area contributed by atoms with Gasteiger partial charge in [0.25, 0.3) is 0 Å². The Morgan fingerprint density at radius 1 is 0.804 bits per heavy atom. The van der Waals surface area contributed by atoms with Gasteiger partial charge in [0.1, 0.15) is 0 Å². The number of hydrogen-bond acceptors (Lipinski definition) is 5. The molecule has 0 spiro atoms. The van der Waals surface area contributed by atoms with Crippen molar-refractivity contribution in [2.75, 3.05) is 45.9 Å². The second-order valence-electron chi connectivity index (χ2n) is 11.4. The lowest BCUT2D eigenvalue weighted by atomic mass is 10.2. The van der Waals surface area contributed by atoms with Crippen molar-refractivity contribution in [1.82, 2.24) is 20.5 Å². The van der Waals surface area contributed by atoms with Gasteiger partial charge >= 0.3 is 0 Å². The van der Waals surface area contributed by atoms with E-state index in [1.807, 2.05) is 18.3 Å². The summed E-state index contributed by atoms with van der Waals surface area (Å²) in [6, 6.07) is 4.13. The zero-order valence-electron chi connectivity index (χ0n) is 28.2. The molecular weight excluding hydrogens is 572 g/mol. The van der Waals surface area contributed by atoms with Gasteiger partial charge in [-0.15, -0.1) is 0 Å². The number of likely N-dealkylation sites (tertiary alicyclic amines) is 1. The second kappa shape index (κ2) is 27.7. The van der Waals surface area contributed by atoms with Crippen LogP contribution in [0.3, 0.4) is 0 Å². The van der Waals surface area contributed by atoms with E-state index in [1.54, 1.807) is 0 Å². The number of hydrogen-bond donors (Lipinski definition) is 2. The average molecular weight is 631 g/mol. The summed E-state index contributed by atoms with van der Waals surface area (Å²) >= 11 is 0. The highest BCUT2D eigenvalue weighted by molar-refractivity contribution is 5.78. The van der Waals surface area contributed by atoms with Crippen LogP contribution >= 0.6 is 0 Å². The summed E-state index contributed by atoms with van der Waals surface area (Å²) in [5.74, 6) is -0.00109. The highest BCUT2D eigenvalue weighted by Crippen LogP contribution is 2.09. The molecule has 0 aliphatic carbocycles. The maximum Gasteiger partial charge on any atom is 0.223 e. The molecule has 1 aliphatic heterocycles. The van der Waals surface area contributed by atoms with Gasteiger partial charge in [0.05, 0.1) is 13.2 Å². The molecule has 1 aliphatic rings. The molecule has 1 saturated heterocycles. The van der Waals surface area contributed by atoms with Gasteiger partial charge in [-0.3, -0.25) is 14.6 Å². The Morgan fingerprint density at radius 2 is 1.41 bits per heavy atom. The summed E-state index contributed by atoms with van der Waals surface area (Å²) in [5.41, 5.74) is 2.11. The molecule has 252 valence electrons. The van der Waals surface area contributed by atoms with Crippen LogP contribution in [0.5, 0.6) is 0 Å². The first-order chi connectivity index (χ1) is 22.7. The third kappa shape index (κ3) is 22.0. The molecule has 2 amide bonds. The number of ether oxygens (including phenoxy) is 1. The number of pyridine rings is 1. The van der Waals surface area contributed by atoms with Crippen LogP contribution in [0.4, 0.5) is 0 Å². The Balaban J connectivity index is 1.36. The lowest BCUT2D eigenvalue weighted by Gasteiger charge is -2.13. The van der Waals surface area contributed by atoms with Crippen molar-refractivity contribution in [3.63, 3.8) is 0 Å². The molecule has 0 atom stereocenters. The van der Waals surface area contributed by atoms with Crippen LogP contribution < -0.4 is 10.6 Å². The van der Waals surface area contributed by atoms with Crippen LogP contribution in [0, 0.1) is 0 Å². The van der Waals surface area contributed by atoms with Crippen molar-refractivity contribution in [2.45, 2.75) is 84.0 Å². The van der Waals surface area contributed by atoms with Gasteiger partial charge in [-0.25, -0.2) is 0 Å². The topological polar surface area (TPSA) is 83.6 Å². The largest absolute Gasteiger partial charge is 0.378 e. The maximum atomic E-state index is 12.1. The molecule has 1 fully saturated rings. The molecule has 2 N–H and O–H groups in total. The van der Waals surface area contributed by atoms with Crippen LogP contribution in [-0.4, -0.2) is 67.6 Å². The van der Waals surface area contributed by atoms with Crippen LogP contribution in [0.15, 0.2) is 85.2 Å². The number of nitrogens with one attached hydrogen (secondary N) is 2. The average Bonchev–Trinajstić information content (AvgIpc) is 3.59. The Labute approximate surface area is 278 Å². The molecule has 0 saturated carbocycles. The van der Waals surface area contributed by atoms with Crippen molar-refractivity contribution in [3.05, 3.63) is 96.4 Å². The maximum absolute atomic E-state index is 12.1. The molecule has 2 heterocycles. The zero-order valence-corrected chi connectivity index (χ0v) is 28.2. The van der Waals surface area contributed by atoms with E-state index in [2.05, 4.69) is 100 Å². The first-order valence-electron chi connectivity index (χ1n) is 17.4. The molecular formula is C39H58N4O3. The Kier molecular flexibility index (Phi) is 23.3. The van der Waals surface area contributed by atoms with Crippen molar-refractivity contribution >= 4 is 17.9 Å². The third-order valence-electron chi connectivity index (χ3n) is 7.41. The number of nitrogens with zero attached hydrogens (tertiary/aromatic N) is 2. The number of allylic oxidation sites excluding steroid dienone is 10. The van der Waals surface area contributed by atoms with Crippen LogP contribution in [0.2, 0.25) is 0 Å². The summed E-state index contributed by atoms with van der Waals surface area (Å²) in [5, 5.41) is 5.74. The second-order valence-corrected chi connectivity index (χ2v) is 11.4. The van der Waals surface area contributed by atoms with Crippen LogP contribution in [0.25, 0.3) is 6.08 Å². The number of rotatable bonds is 25. The minimum atomic E-state index is -0.0455. The smallest absolute Gasteiger partial charge is 0.223 e. The molecule has 2 rings (SSSR count). The standard InChI is InChI=1S/C39H58N4O3/c1-2-3-4-5-6-7-8-9-10-11-12-13-14-15-16-17-18-23-38(44)40-28-33-46-34-29-41-39(45)24-21-22-36-25-26-37(42-35-36)27-32-43-30-19-20-31-43/h3-4,6-7,9-10,12-13,15-16,21-22,25-26,35H,2,5,8,11,14,17-20,23-24,27-34H2,1H3,(H,40,44)(H,41,45). The fourth-order valence-corrected chi connectivity index (χ4v) is 4.80. The SMILES string of the molecule is CCC=CCC=CCC=CCC=CCC=CCCCC(=O)NCCOCCNC(=O)CC=Cc1ccc(CCN2CCCC2)nc1. The van der Waals surface area contributed by atoms with Gasteiger partial charge in [-0.1, -0.05) is 85.9 Å². The van der Waals surface area contributed by atoms with Gasteiger partial charge in [-0.2, -0.15) is 0 Å². The van der Waals surface area contributed by atoms with E-state index >= 15 is 0 Å². The van der Waals surface area contributed by atoms with Gasteiger partial charge in [0.2, 0.25) is 11.8 Å². The Morgan fingerprint density at radius 3 is 2.02 bits per heavy atom. The van der Waals surface area contributed by atoms with Gasteiger partial charge in [-0.05, 0) is 82.5 Å². The summed E-state index contributed by atoms with van der Waals surface area (Å²) in [6.45, 7) is 7.41. The predicted octanol–water partition coefficient (Wildman–Crippen LogP) is 7.29. The summed E-state index contributed by atoms with van der Waals surface area (Å²) < 4.78 is 5.52. The minimum Gasteiger partial charge on any atom is -0.378 e. The first-order valence-corrected chi connectivity index (χ1v) is 17.4. The van der Waals surface area contributed by atoms with E-state index in [0.29, 0.717) is 39.1 Å². The zero-order chi connectivity index (χ0) is 32.8. The van der Waals surface area contributed by atoms with Crippen LogP contribution in [0.1, 0.15) is 88.8 Å². The quantitative estimate of drug-likeness (QED) is 0.0876. The van der Waals surface area contributed by atoms with E-state index in [4.69, 9.17) is 4.74 Å². The van der Waals surface area contributed by atoms with E-state index in [1.165, 1.54) is 25.9 Å². The fraction of sp³-hybridized carbons (Fsp3) is 0.513. The Bertz CT molecular complexity index is 1110. The first kappa shape index (κ1) is 38.6. The number of carbonyl (C=O) groups excluding carboxylic acids is 2. The van der Waals surface area contributed by atoms with Crippen molar-refractivity contribution in [1.29, 1.82) is 0 Å². The minimum absolute atomic E-state index is 0.0444. The van der Waals surface area contributed by atoms with E-state index < -0.39 is 0 Å². The van der Waals surface area contributed by atoms with Crippen molar-refractivity contribution in [3.8, 4) is 0 Å². The number of amides is 2. The lowest BCUT2D eigenvalue weighted by molar-refractivity contribution is -0.121. The monoisotopic (exact) mass is 630 g/mol. The van der Waals surface area contributed by atoms with Crippen molar-refractivity contribution < 1.29 is 14.3 Å². The highest BCUT2D eigenvalue weighted by Gasteiger charge is 2.11. The Hall–Kier alpha value is -3.55. The fourth-order valence-electron chi connectivity index (χ4n) is 4.80. The molecule has 46 heavy (non-hydrogen) atoms. The molecule has 1 aromatic rings. The molecule has 0 radical (unpaired) electrons. The summed E-state index contributed by atoms with van der Waals surface area (Å²) in [7, 11) is 0. The normalized spacial score (nSPS) is 14.4. The molecule has 0 aromatic carbocycles. The molecule has 7 nitrogen and oxygen atoms in total. The third-order valence-corrected chi connectivity index (χ3v) is 7.41. The number of unbranched alkanes of at least 4 members (excludes halogenated alkanes) is 1. The van der Waals surface area contributed by atoms with Crippen LogP contribution in [-0.2, 0) is 20.7 Å². The van der Waals surface area contributed by atoms with Gasteiger partial charge in [0.15, 0.2) is 0 Å². The molecule has 1 aromatic heterocycles. The van der Waals surface area contributed by atoms with Gasteiger partial charge < -0.3 is 20.3 Å². The number of carbonyl (C=O) groups is 2. The van der Waals surface area contributed by atoms with Gasteiger partial charge in [0, 0.05) is 50.8 Å². The van der Waals surface area contributed by atoms with E-state index in [9.17, 15) is 9.59 Å². The molecule has 0 unspecified atom stereocenters. The van der Waals surface area contributed by atoms with E-state index in [0.717, 1.165) is 69.2 Å². The van der Waals surface area contributed by atoms with E-state index in [-0.39, 0.29) is 11.8 Å². The summed E-state index contributed by atoms with van der Waals surface area (Å²) in [4.78, 5) is 31.1. The number of aromatic nitrogens is 1. The van der Waals surface area contributed by atoms with Crippen molar-refractivity contribution in [2.24, 2.45) is 0 Å². The lowest BCUT2D eigenvalue weighted by Crippen LogP contribution is -2.29.